The average Bonchev–Trinajstić information content (AvgIpc) is 2.60. The van der Waals surface area contributed by atoms with Gasteiger partial charge in [-0.15, -0.1) is 0 Å². The zero-order chi connectivity index (χ0) is 14.2. The minimum atomic E-state index is -0.766. The molecule has 2 rings (SSSR count). The van der Waals surface area contributed by atoms with E-state index in [4.69, 9.17) is 18.9 Å². The number of hydrogen-bond acceptors (Lipinski definition) is 5. The lowest BCUT2D eigenvalue weighted by molar-refractivity contribution is -0.318. The van der Waals surface area contributed by atoms with E-state index in [9.17, 15) is 4.79 Å². The molecule has 0 radical (unpaired) electrons. The molecule has 0 aliphatic carbocycles. The molecule has 2 aliphatic heterocycles. The molecule has 4 atom stereocenters. The molecule has 0 aromatic heterocycles. The first-order chi connectivity index (χ1) is 8.84. The average molecular weight is 270 g/mol. The fraction of sp³-hybridized carbons (Fsp3) is 0.786. The van der Waals surface area contributed by atoms with Crippen LogP contribution in [-0.4, -0.2) is 43.3 Å². The van der Waals surface area contributed by atoms with Crippen LogP contribution in [0.1, 0.15) is 27.7 Å². The molecule has 0 saturated carbocycles. The SMILES string of the molecule is CO[C@H]1C(=O)O[C@@H]2[C@H]1OC(C)(C)O[C@@H]2C=CC(C)C. The largest absolute Gasteiger partial charge is 0.454 e. The van der Waals surface area contributed by atoms with Gasteiger partial charge in [0.05, 0.1) is 0 Å². The molecule has 0 aromatic carbocycles. The highest BCUT2D eigenvalue weighted by Crippen LogP contribution is 2.36. The van der Waals surface area contributed by atoms with Gasteiger partial charge in [0.2, 0.25) is 0 Å². The van der Waals surface area contributed by atoms with Crippen LogP contribution in [0.25, 0.3) is 0 Å². The number of ether oxygens (including phenoxy) is 4. The Morgan fingerprint density at radius 1 is 1.26 bits per heavy atom. The van der Waals surface area contributed by atoms with E-state index in [1.807, 2.05) is 26.0 Å². The van der Waals surface area contributed by atoms with E-state index < -0.39 is 24.1 Å². The number of hydrogen-bond donors (Lipinski definition) is 0. The molecule has 5 nitrogen and oxygen atoms in total. The highest BCUT2D eigenvalue weighted by Gasteiger charge is 2.55. The van der Waals surface area contributed by atoms with Crippen molar-refractivity contribution < 1.29 is 23.7 Å². The Morgan fingerprint density at radius 3 is 2.53 bits per heavy atom. The van der Waals surface area contributed by atoms with E-state index >= 15 is 0 Å². The molecule has 0 unspecified atom stereocenters. The minimum absolute atomic E-state index is 0.305. The number of carbonyl (C=O) groups excluding carboxylic acids is 1. The molecule has 2 fully saturated rings. The van der Waals surface area contributed by atoms with E-state index in [2.05, 4.69) is 13.8 Å². The van der Waals surface area contributed by atoms with Crippen LogP contribution in [0.2, 0.25) is 0 Å². The van der Waals surface area contributed by atoms with Crippen LogP contribution in [0.4, 0.5) is 0 Å². The predicted molar refractivity (Wildman–Crippen MR) is 68.5 cm³/mol. The second-order valence-corrected chi connectivity index (χ2v) is 5.75. The Labute approximate surface area is 113 Å². The van der Waals surface area contributed by atoms with Crippen LogP contribution in [-0.2, 0) is 23.7 Å². The van der Waals surface area contributed by atoms with Crippen LogP contribution >= 0.6 is 0 Å². The van der Waals surface area contributed by atoms with Gasteiger partial charge in [-0.05, 0) is 19.8 Å². The van der Waals surface area contributed by atoms with E-state index in [0.717, 1.165) is 0 Å². The standard InChI is InChI=1S/C14H22O5/c1-8(2)6-7-9-10-11(19-14(3,4)18-9)12(16-5)13(15)17-10/h6-12H,1-5H3/t9-,10+,11-,12-/m1/s1. The quantitative estimate of drug-likeness (QED) is 0.576. The first-order valence-corrected chi connectivity index (χ1v) is 6.61. The van der Waals surface area contributed by atoms with Gasteiger partial charge < -0.3 is 18.9 Å². The van der Waals surface area contributed by atoms with Gasteiger partial charge >= 0.3 is 5.97 Å². The minimum Gasteiger partial charge on any atom is -0.454 e. The summed E-state index contributed by atoms with van der Waals surface area (Å²) in [7, 11) is 1.49. The molecular formula is C14H22O5. The summed E-state index contributed by atoms with van der Waals surface area (Å²) in [6.45, 7) is 7.82. The molecule has 108 valence electrons. The maximum atomic E-state index is 11.8. The molecular weight excluding hydrogens is 248 g/mol. The third-order valence-corrected chi connectivity index (χ3v) is 3.21. The van der Waals surface area contributed by atoms with Crippen molar-refractivity contribution in [1.82, 2.24) is 0 Å². The number of allylic oxidation sites excluding steroid dienone is 1. The van der Waals surface area contributed by atoms with Crippen molar-refractivity contribution in [2.24, 2.45) is 5.92 Å². The van der Waals surface area contributed by atoms with Crippen molar-refractivity contribution in [3.63, 3.8) is 0 Å². The van der Waals surface area contributed by atoms with Crippen LogP contribution in [0.5, 0.6) is 0 Å². The van der Waals surface area contributed by atoms with Gasteiger partial charge in [0, 0.05) is 7.11 Å². The first kappa shape index (κ1) is 14.5. The zero-order valence-corrected chi connectivity index (χ0v) is 12.1. The molecule has 0 aromatic rings. The number of rotatable bonds is 3. The number of methoxy groups -OCH3 is 1. The van der Waals surface area contributed by atoms with E-state index in [-0.39, 0.29) is 12.1 Å². The topological polar surface area (TPSA) is 54.0 Å². The number of carbonyl (C=O) groups is 1. The predicted octanol–water partition coefficient (Wildman–Crippen LogP) is 1.66. The maximum Gasteiger partial charge on any atom is 0.338 e. The summed E-state index contributed by atoms with van der Waals surface area (Å²) >= 11 is 0. The Kier molecular flexibility index (Phi) is 3.99. The first-order valence-electron chi connectivity index (χ1n) is 6.61. The van der Waals surface area contributed by atoms with Crippen molar-refractivity contribution in [1.29, 1.82) is 0 Å². The molecule has 0 N–H and O–H groups in total. The van der Waals surface area contributed by atoms with Gasteiger partial charge in [-0.3, -0.25) is 0 Å². The summed E-state index contributed by atoms with van der Waals surface area (Å²) < 4.78 is 22.1. The molecule has 0 spiro atoms. The van der Waals surface area contributed by atoms with Gasteiger partial charge in [-0.2, -0.15) is 0 Å². The molecule has 2 aliphatic rings. The summed E-state index contributed by atoms with van der Waals surface area (Å²) in [5.41, 5.74) is 0. The fourth-order valence-corrected chi connectivity index (χ4v) is 2.42. The summed E-state index contributed by atoms with van der Waals surface area (Å²) in [4.78, 5) is 11.8. The van der Waals surface area contributed by atoms with Crippen molar-refractivity contribution in [3.8, 4) is 0 Å². The van der Waals surface area contributed by atoms with Crippen molar-refractivity contribution in [2.75, 3.05) is 7.11 Å². The Bertz CT molecular complexity index is 374. The number of fused-ring (bicyclic) bond motifs is 1. The highest BCUT2D eigenvalue weighted by atomic mass is 16.8. The Hall–Kier alpha value is -0.910. The van der Waals surface area contributed by atoms with E-state index in [1.165, 1.54) is 7.11 Å². The third-order valence-electron chi connectivity index (χ3n) is 3.21. The maximum absolute atomic E-state index is 11.8. The van der Waals surface area contributed by atoms with Gasteiger partial charge in [0.1, 0.15) is 12.2 Å². The second-order valence-electron chi connectivity index (χ2n) is 5.75. The second kappa shape index (κ2) is 5.23. The normalized spacial score (nSPS) is 37.7. The zero-order valence-electron chi connectivity index (χ0n) is 12.1. The Morgan fingerprint density at radius 2 is 1.95 bits per heavy atom. The number of esters is 1. The monoisotopic (exact) mass is 270 g/mol. The lowest BCUT2D eigenvalue weighted by atomic mass is 10.0. The summed E-state index contributed by atoms with van der Waals surface area (Å²) in [5.74, 6) is -0.747. The molecule has 19 heavy (non-hydrogen) atoms. The summed E-state index contributed by atoms with van der Waals surface area (Å²) in [6.07, 6.45) is 2.13. The van der Waals surface area contributed by atoms with Crippen LogP contribution in [0.3, 0.4) is 0 Å². The van der Waals surface area contributed by atoms with Crippen molar-refractivity contribution >= 4 is 5.97 Å². The molecule has 2 heterocycles. The van der Waals surface area contributed by atoms with Crippen LogP contribution in [0, 0.1) is 5.92 Å². The lowest BCUT2D eigenvalue weighted by Crippen LogP contribution is -2.54. The smallest absolute Gasteiger partial charge is 0.338 e. The van der Waals surface area contributed by atoms with Gasteiger partial charge in [-0.25, -0.2) is 4.79 Å². The van der Waals surface area contributed by atoms with Gasteiger partial charge in [0.25, 0.3) is 0 Å². The van der Waals surface area contributed by atoms with E-state index in [1.54, 1.807) is 0 Å². The van der Waals surface area contributed by atoms with Crippen LogP contribution in [0.15, 0.2) is 12.2 Å². The van der Waals surface area contributed by atoms with Crippen molar-refractivity contribution in [3.05, 3.63) is 12.2 Å². The fourth-order valence-electron chi connectivity index (χ4n) is 2.42. The van der Waals surface area contributed by atoms with Gasteiger partial charge in [0.15, 0.2) is 18.0 Å². The Balaban J connectivity index is 2.22. The van der Waals surface area contributed by atoms with Crippen molar-refractivity contribution in [2.45, 2.75) is 57.9 Å². The molecule has 0 amide bonds. The molecule has 5 heteroatoms. The third kappa shape index (κ3) is 2.99. The summed E-state index contributed by atoms with van der Waals surface area (Å²) in [5, 5.41) is 0. The molecule has 0 bridgehead atoms. The lowest BCUT2D eigenvalue weighted by Gasteiger charge is -2.41. The van der Waals surface area contributed by atoms with E-state index in [0.29, 0.717) is 5.92 Å². The van der Waals surface area contributed by atoms with Gasteiger partial charge in [-0.1, -0.05) is 26.0 Å². The molecule has 2 saturated heterocycles. The summed E-state index contributed by atoms with van der Waals surface area (Å²) in [6, 6.07) is 0. The van der Waals surface area contributed by atoms with Crippen LogP contribution < -0.4 is 0 Å². The highest BCUT2D eigenvalue weighted by molar-refractivity contribution is 5.78.